The lowest BCUT2D eigenvalue weighted by molar-refractivity contribution is 0.382. The van der Waals surface area contributed by atoms with Gasteiger partial charge in [0.15, 0.2) is 0 Å². The second kappa shape index (κ2) is 3.69. The Morgan fingerprint density at radius 2 is 2.00 bits per heavy atom. The van der Waals surface area contributed by atoms with Crippen molar-refractivity contribution in [3.8, 4) is 0 Å². The first kappa shape index (κ1) is 6.83. The van der Waals surface area contributed by atoms with Gasteiger partial charge in [0.1, 0.15) is 0 Å². The first-order chi connectivity index (χ1) is 3.93. The fraction of sp³-hybridized carbons (Fsp3) is 1.00. The predicted molar refractivity (Wildman–Crippen MR) is 45.6 cm³/mol. The molecule has 1 aliphatic heterocycles. The Kier molecular flexibility index (Phi) is 3.15. The van der Waals surface area contributed by atoms with Crippen molar-refractivity contribution in [2.75, 3.05) is 26.2 Å². The summed E-state index contributed by atoms with van der Waals surface area (Å²) in [6.07, 6.45) is 0. The summed E-state index contributed by atoms with van der Waals surface area (Å²) in [7, 11) is 0. The summed E-state index contributed by atoms with van der Waals surface area (Å²) < 4.78 is 0. The fourth-order valence-corrected chi connectivity index (χ4v) is 1.51. The van der Waals surface area contributed by atoms with Gasteiger partial charge in [-0.1, -0.05) is 0 Å². The normalized spacial score (nSPS) is 23.1. The lowest BCUT2D eigenvalue weighted by Crippen LogP contribution is -2.43. The van der Waals surface area contributed by atoms with Crippen LogP contribution in [0.25, 0.3) is 0 Å². The van der Waals surface area contributed by atoms with Gasteiger partial charge in [-0.05, 0) is 0 Å². The largest absolute Gasteiger partial charge is 0.334 e. The molecule has 0 amide bonds. The number of halogens is 1. The van der Waals surface area contributed by atoms with E-state index in [1.165, 1.54) is 31.4 Å². The minimum absolute atomic E-state index is 1.17. The van der Waals surface area contributed by atoms with Crippen LogP contribution in [0.2, 0.25) is 0 Å². The highest BCUT2D eigenvalue weighted by Gasteiger charge is 2.06. The van der Waals surface area contributed by atoms with Crippen LogP contribution in [0.3, 0.4) is 0 Å². The third-order valence-corrected chi connectivity index (χ3v) is 2.34. The van der Waals surface area contributed by atoms with Crippen molar-refractivity contribution in [2.45, 2.75) is 0 Å². The third-order valence-electron chi connectivity index (χ3n) is 1.38. The van der Waals surface area contributed by atoms with Crippen LogP contribution in [0.15, 0.2) is 0 Å². The van der Waals surface area contributed by atoms with Crippen LogP contribution in [-0.2, 0) is 0 Å². The Hall–Kier alpha value is 0.715. The van der Waals surface area contributed by atoms with E-state index in [1.807, 2.05) is 0 Å². The maximum atomic E-state index is 3.30. The predicted octanol–water partition coefficient (Wildman–Crippen LogP) is -0.407. The van der Waals surface area contributed by atoms with Gasteiger partial charge in [0.05, 0.1) is 0 Å². The van der Waals surface area contributed by atoms with Gasteiger partial charge in [-0.2, -0.15) is 0 Å². The monoisotopic (exact) mass is 224 g/mol. The lowest BCUT2D eigenvalue weighted by atomic mass is 10.2. The number of hydrogen-bond acceptors (Lipinski definition) is 2. The van der Waals surface area contributed by atoms with Crippen LogP contribution < -0.4 is 5.32 Å². The Morgan fingerprint density at radius 3 is 2.38 bits per heavy atom. The molecular formula is C4H10BIN2. The van der Waals surface area contributed by atoms with Crippen LogP contribution in [0.5, 0.6) is 0 Å². The molecule has 0 bridgehead atoms. The smallest absolute Gasteiger partial charge is 0.280 e. The van der Waals surface area contributed by atoms with E-state index in [2.05, 4.69) is 32.5 Å². The van der Waals surface area contributed by atoms with Crippen LogP contribution in [-0.4, -0.2) is 36.3 Å². The average Bonchev–Trinajstić information content (AvgIpc) is 1.90. The number of piperazine rings is 1. The molecule has 0 aromatic rings. The molecule has 1 rings (SSSR count). The van der Waals surface area contributed by atoms with Crippen LogP contribution >= 0.6 is 22.4 Å². The van der Waals surface area contributed by atoms with Crippen molar-refractivity contribution >= 4 is 27.6 Å². The van der Waals surface area contributed by atoms with E-state index in [-0.39, 0.29) is 0 Å². The minimum Gasteiger partial charge on any atom is -0.334 e. The van der Waals surface area contributed by atoms with Crippen molar-refractivity contribution < 1.29 is 0 Å². The van der Waals surface area contributed by atoms with Gasteiger partial charge in [0, 0.05) is 26.2 Å². The van der Waals surface area contributed by atoms with E-state index < -0.39 is 0 Å². The van der Waals surface area contributed by atoms with Crippen LogP contribution in [0, 0.1) is 0 Å². The van der Waals surface area contributed by atoms with Gasteiger partial charge in [-0.15, -0.1) is 22.4 Å². The topological polar surface area (TPSA) is 15.3 Å². The molecule has 1 N–H and O–H groups in total. The van der Waals surface area contributed by atoms with Crippen LogP contribution in [0.4, 0.5) is 0 Å². The fourth-order valence-electron chi connectivity index (χ4n) is 0.831. The van der Waals surface area contributed by atoms with Gasteiger partial charge in [-0.25, -0.2) is 0 Å². The molecule has 1 fully saturated rings. The first-order valence-corrected chi connectivity index (χ1v) is 4.45. The highest BCUT2D eigenvalue weighted by molar-refractivity contribution is 14.1. The summed E-state index contributed by atoms with van der Waals surface area (Å²) in [5.74, 6) is 0. The molecular weight excluding hydrogens is 214 g/mol. The Labute approximate surface area is 64.1 Å². The summed E-state index contributed by atoms with van der Waals surface area (Å²) in [5, 5.41) is 4.48. The molecule has 1 aliphatic rings. The first-order valence-electron chi connectivity index (χ1n) is 2.92. The SMILES string of the molecule is IBN1CCNCC1. The third kappa shape index (κ3) is 1.91. The molecule has 0 spiro atoms. The van der Waals surface area contributed by atoms with Crippen molar-refractivity contribution in [1.29, 1.82) is 0 Å². The molecule has 0 aliphatic carbocycles. The molecule has 1 saturated heterocycles. The van der Waals surface area contributed by atoms with Gasteiger partial charge in [0.25, 0.3) is 5.27 Å². The molecule has 0 radical (unpaired) electrons. The summed E-state index contributed by atoms with van der Waals surface area (Å²) in [5.41, 5.74) is 0. The number of hydrogen-bond donors (Lipinski definition) is 1. The van der Waals surface area contributed by atoms with E-state index in [4.69, 9.17) is 0 Å². The quantitative estimate of drug-likeness (QED) is 0.481. The molecule has 0 atom stereocenters. The zero-order valence-electron chi connectivity index (χ0n) is 4.86. The van der Waals surface area contributed by atoms with Crippen molar-refractivity contribution in [1.82, 2.24) is 10.1 Å². The highest BCUT2D eigenvalue weighted by Crippen LogP contribution is 1.91. The maximum Gasteiger partial charge on any atom is 0.280 e. The van der Waals surface area contributed by atoms with E-state index in [0.717, 1.165) is 0 Å². The molecule has 4 heteroatoms. The van der Waals surface area contributed by atoms with Gasteiger partial charge in [0.2, 0.25) is 0 Å². The van der Waals surface area contributed by atoms with Gasteiger partial charge in [-0.3, -0.25) is 0 Å². The molecule has 8 heavy (non-hydrogen) atoms. The number of nitrogens with one attached hydrogen (secondary N) is 1. The Morgan fingerprint density at radius 1 is 1.38 bits per heavy atom. The second-order valence-electron chi connectivity index (χ2n) is 1.99. The Bertz CT molecular complexity index is 65.1. The number of nitrogens with zero attached hydrogens (tertiary/aromatic N) is 1. The van der Waals surface area contributed by atoms with E-state index in [0.29, 0.717) is 0 Å². The molecule has 46 valence electrons. The zero-order chi connectivity index (χ0) is 5.82. The van der Waals surface area contributed by atoms with E-state index in [9.17, 15) is 0 Å². The maximum absolute atomic E-state index is 3.30. The van der Waals surface area contributed by atoms with Gasteiger partial charge >= 0.3 is 0 Å². The molecule has 0 saturated carbocycles. The average molecular weight is 224 g/mol. The molecule has 0 aromatic carbocycles. The molecule has 2 nitrogen and oxygen atoms in total. The molecule has 1 heterocycles. The standard InChI is InChI=1S/C4H10BIN2/c6-5-8-3-1-7-2-4-8/h5,7H,1-4H2. The van der Waals surface area contributed by atoms with Crippen molar-refractivity contribution in [3.63, 3.8) is 0 Å². The van der Waals surface area contributed by atoms with Crippen molar-refractivity contribution in [2.24, 2.45) is 0 Å². The van der Waals surface area contributed by atoms with E-state index >= 15 is 0 Å². The summed E-state index contributed by atoms with van der Waals surface area (Å²) in [6, 6.07) is 0. The molecule has 0 unspecified atom stereocenters. The highest BCUT2D eigenvalue weighted by atomic mass is 127. The van der Waals surface area contributed by atoms with E-state index in [1.54, 1.807) is 0 Å². The molecule has 0 aromatic heterocycles. The van der Waals surface area contributed by atoms with Crippen LogP contribution in [0.1, 0.15) is 0 Å². The second-order valence-corrected chi connectivity index (χ2v) is 2.67. The minimum atomic E-state index is 1.17. The zero-order valence-corrected chi connectivity index (χ0v) is 7.02. The summed E-state index contributed by atoms with van der Waals surface area (Å²) in [6.45, 7) is 4.79. The number of rotatable bonds is 1. The van der Waals surface area contributed by atoms with Gasteiger partial charge < -0.3 is 10.1 Å². The lowest BCUT2D eigenvalue weighted by Gasteiger charge is -2.24. The Balaban J connectivity index is 2.13. The summed E-state index contributed by atoms with van der Waals surface area (Å²) in [4.78, 5) is 2.44. The summed E-state index contributed by atoms with van der Waals surface area (Å²) >= 11 is 2.40. The van der Waals surface area contributed by atoms with Crippen molar-refractivity contribution in [3.05, 3.63) is 0 Å².